The second kappa shape index (κ2) is 5.21. The molecule has 6 heteroatoms. The van der Waals surface area contributed by atoms with E-state index in [0.717, 1.165) is 6.07 Å². The van der Waals surface area contributed by atoms with Gasteiger partial charge in [0.15, 0.2) is 5.78 Å². The lowest BCUT2D eigenvalue weighted by Crippen LogP contribution is -2.09. The summed E-state index contributed by atoms with van der Waals surface area (Å²) in [6.45, 7) is 0. The predicted molar refractivity (Wildman–Crippen MR) is 65.9 cm³/mol. The molecule has 0 unspecified atom stereocenters. The van der Waals surface area contributed by atoms with Crippen molar-refractivity contribution in [2.75, 3.05) is 0 Å². The van der Waals surface area contributed by atoms with Gasteiger partial charge in [-0.2, -0.15) is 13.2 Å². The van der Waals surface area contributed by atoms with Crippen LogP contribution in [0.3, 0.4) is 0 Å². The van der Waals surface area contributed by atoms with Crippen molar-refractivity contribution in [2.45, 2.75) is 12.6 Å². The van der Waals surface area contributed by atoms with E-state index in [-0.39, 0.29) is 16.5 Å². The molecule has 1 aromatic heterocycles. The molecule has 100 valence electrons. The number of benzene rings is 1. The predicted octanol–water partition coefficient (Wildman–Crippen LogP) is 4.49. The standard InChI is InChI=1S/C13H8BrF3O2/c14-11-4-3-8(6-10(11)13(15,16)17)12(18)7-9-2-1-5-19-9/h1-6H,7H2. The van der Waals surface area contributed by atoms with Crippen molar-refractivity contribution in [2.24, 2.45) is 0 Å². The molecular formula is C13H8BrF3O2. The number of hydrogen-bond acceptors (Lipinski definition) is 2. The fraction of sp³-hybridized carbons (Fsp3) is 0.154. The minimum absolute atomic E-state index is 0.00641. The Labute approximate surface area is 115 Å². The number of carbonyl (C=O) groups excluding carboxylic acids is 1. The van der Waals surface area contributed by atoms with E-state index in [4.69, 9.17) is 4.42 Å². The van der Waals surface area contributed by atoms with Gasteiger partial charge in [0.1, 0.15) is 5.76 Å². The van der Waals surface area contributed by atoms with Gasteiger partial charge in [-0.1, -0.05) is 22.0 Å². The van der Waals surface area contributed by atoms with E-state index in [1.54, 1.807) is 12.1 Å². The topological polar surface area (TPSA) is 30.2 Å². The van der Waals surface area contributed by atoms with Gasteiger partial charge in [-0.3, -0.25) is 4.79 Å². The molecular weight excluding hydrogens is 325 g/mol. The van der Waals surface area contributed by atoms with E-state index in [1.807, 2.05) is 0 Å². The van der Waals surface area contributed by atoms with Crippen LogP contribution in [0.4, 0.5) is 13.2 Å². The number of rotatable bonds is 3. The van der Waals surface area contributed by atoms with Gasteiger partial charge in [0.05, 0.1) is 18.2 Å². The van der Waals surface area contributed by atoms with Crippen molar-refractivity contribution in [3.8, 4) is 0 Å². The van der Waals surface area contributed by atoms with E-state index in [2.05, 4.69) is 15.9 Å². The Morgan fingerprint density at radius 1 is 1.26 bits per heavy atom. The Morgan fingerprint density at radius 2 is 2.00 bits per heavy atom. The molecule has 1 aromatic carbocycles. The summed E-state index contributed by atoms with van der Waals surface area (Å²) in [5, 5.41) is 0. The minimum Gasteiger partial charge on any atom is -0.469 e. The second-order valence-corrected chi connectivity index (χ2v) is 4.73. The lowest BCUT2D eigenvalue weighted by Gasteiger charge is -2.10. The van der Waals surface area contributed by atoms with Gasteiger partial charge < -0.3 is 4.42 Å². The number of furan rings is 1. The Kier molecular flexibility index (Phi) is 3.80. The summed E-state index contributed by atoms with van der Waals surface area (Å²) in [6, 6.07) is 6.63. The van der Waals surface area contributed by atoms with Crippen LogP contribution >= 0.6 is 15.9 Å². The minimum atomic E-state index is -4.50. The first-order valence-corrected chi connectivity index (χ1v) is 6.09. The molecule has 0 radical (unpaired) electrons. The van der Waals surface area contributed by atoms with Gasteiger partial charge in [-0.05, 0) is 24.3 Å². The molecule has 0 amide bonds. The molecule has 19 heavy (non-hydrogen) atoms. The summed E-state index contributed by atoms with van der Waals surface area (Å²) in [4.78, 5) is 11.9. The quantitative estimate of drug-likeness (QED) is 0.775. The average molecular weight is 333 g/mol. The molecule has 2 aromatic rings. The maximum atomic E-state index is 12.7. The molecule has 0 aliphatic heterocycles. The van der Waals surface area contributed by atoms with Crippen LogP contribution in [0.5, 0.6) is 0 Å². The molecule has 0 bridgehead atoms. The van der Waals surface area contributed by atoms with Crippen molar-refractivity contribution in [1.82, 2.24) is 0 Å². The van der Waals surface area contributed by atoms with Gasteiger partial charge >= 0.3 is 6.18 Å². The largest absolute Gasteiger partial charge is 0.469 e. The van der Waals surface area contributed by atoms with Crippen molar-refractivity contribution >= 4 is 21.7 Å². The van der Waals surface area contributed by atoms with Gasteiger partial charge in [-0.25, -0.2) is 0 Å². The fourth-order valence-corrected chi connectivity index (χ4v) is 2.06. The second-order valence-electron chi connectivity index (χ2n) is 3.87. The van der Waals surface area contributed by atoms with Crippen LogP contribution in [-0.4, -0.2) is 5.78 Å². The summed E-state index contributed by atoms with van der Waals surface area (Å²) in [6.07, 6.45) is -3.16. The van der Waals surface area contributed by atoms with Crippen LogP contribution < -0.4 is 0 Å². The highest BCUT2D eigenvalue weighted by atomic mass is 79.9. The number of alkyl halides is 3. The third-order valence-corrected chi connectivity index (χ3v) is 3.20. The highest BCUT2D eigenvalue weighted by Crippen LogP contribution is 2.35. The molecule has 0 aliphatic carbocycles. The summed E-state index contributed by atoms with van der Waals surface area (Å²) in [7, 11) is 0. The fourth-order valence-electron chi connectivity index (χ4n) is 1.59. The maximum absolute atomic E-state index is 12.7. The third-order valence-electron chi connectivity index (χ3n) is 2.51. The van der Waals surface area contributed by atoms with Gasteiger partial charge in [0, 0.05) is 10.0 Å². The summed E-state index contributed by atoms with van der Waals surface area (Å²) >= 11 is 2.83. The molecule has 2 nitrogen and oxygen atoms in total. The third kappa shape index (κ3) is 3.26. The number of halogens is 4. The summed E-state index contributed by atoms with van der Waals surface area (Å²) in [5.74, 6) is -0.00516. The highest BCUT2D eigenvalue weighted by molar-refractivity contribution is 9.10. The van der Waals surface area contributed by atoms with E-state index in [9.17, 15) is 18.0 Å². The first kappa shape index (κ1) is 13.9. The Hall–Kier alpha value is -1.56. The molecule has 0 saturated heterocycles. The van der Waals surface area contributed by atoms with E-state index in [0.29, 0.717) is 5.76 Å². The Morgan fingerprint density at radius 3 is 2.58 bits per heavy atom. The first-order chi connectivity index (χ1) is 8.88. The summed E-state index contributed by atoms with van der Waals surface area (Å²) < 4.78 is 43.0. The molecule has 0 aliphatic rings. The highest BCUT2D eigenvalue weighted by Gasteiger charge is 2.33. The lowest BCUT2D eigenvalue weighted by atomic mass is 10.0. The number of ketones is 1. The van der Waals surface area contributed by atoms with Crippen molar-refractivity contribution in [1.29, 1.82) is 0 Å². The molecule has 1 heterocycles. The van der Waals surface area contributed by atoms with Gasteiger partial charge in [0.2, 0.25) is 0 Å². The average Bonchev–Trinajstić information content (AvgIpc) is 2.80. The van der Waals surface area contributed by atoms with Crippen molar-refractivity contribution in [3.63, 3.8) is 0 Å². The SMILES string of the molecule is O=C(Cc1ccco1)c1ccc(Br)c(C(F)(F)F)c1. The first-order valence-electron chi connectivity index (χ1n) is 5.30. The molecule has 0 saturated carbocycles. The van der Waals surface area contributed by atoms with Crippen molar-refractivity contribution < 1.29 is 22.4 Å². The van der Waals surface area contributed by atoms with Gasteiger partial charge in [0.25, 0.3) is 0 Å². The molecule has 2 rings (SSSR count). The van der Waals surface area contributed by atoms with Crippen LogP contribution in [0, 0.1) is 0 Å². The number of carbonyl (C=O) groups is 1. The normalized spacial score (nSPS) is 11.6. The summed E-state index contributed by atoms with van der Waals surface area (Å²) in [5.41, 5.74) is -0.857. The van der Waals surface area contributed by atoms with Crippen LogP contribution in [0.25, 0.3) is 0 Å². The zero-order valence-electron chi connectivity index (χ0n) is 9.50. The van der Waals surface area contributed by atoms with Crippen LogP contribution in [0.1, 0.15) is 21.7 Å². The Balaban J connectivity index is 2.28. The van der Waals surface area contributed by atoms with E-state index in [1.165, 1.54) is 18.4 Å². The van der Waals surface area contributed by atoms with Crippen LogP contribution in [-0.2, 0) is 12.6 Å². The van der Waals surface area contributed by atoms with Crippen LogP contribution in [0.2, 0.25) is 0 Å². The maximum Gasteiger partial charge on any atom is 0.417 e. The zero-order chi connectivity index (χ0) is 14.0. The smallest absolute Gasteiger partial charge is 0.417 e. The van der Waals surface area contributed by atoms with E-state index >= 15 is 0 Å². The monoisotopic (exact) mass is 332 g/mol. The zero-order valence-corrected chi connectivity index (χ0v) is 11.1. The van der Waals surface area contributed by atoms with Crippen molar-refractivity contribution in [3.05, 3.63) is 58.0 Å². The van der Waals surface area contributed by atoms with Crippen LogP contribution in [0.15, 0.2) is 45.5 Å². The molecule has 0 spiro atoms. The Bertz CT molecular complexity index is 588. The molecule has 0 N–H and O–H groups in total. The molecule has 0 fully saturated rings. The van der Waals surface area contributed by atoms with E-state index < -0.39 is 17.5 Å². The van der Waals surface area contributed by atoms with Gasteiger partial charge in [-0.15, -0.1) is 0 Å². The number of hydrogen-bond donors (Lipinski definition) is 0. The lowest BCUT2D eigenvalue weighted by molar-refractivity contribution is -0.138. The molecule has 0 atom stereocenters. The number of Topliss-reactive ketones (excluding diaryl/α,β-unsaturated/α-hetero) is 1.